The van der Waals surface area contributed by atoms with E-state index in [-0.39, 0.29) is 11.6 Å². The van der Waals surface area contributed by atoms with Crippen LogP contribution < -0.4 is 10.9 Å². The van der Waals surface area contributed by atoms with E-state index in [2.05, 4.69) is 16.3 Å². The summed E-state index contributed by atoms with van der Waals surface area (Å²) >= 11 is 0. The number of fused-ring (bicyclic) bond motifs is 4. The molecule has 1 amide bonds. The Hall–Kier alpha value is -2.60. The minimum Gasteiger partial charge on any atom is -0.444 e. The van der Waals surface area contributed by atoms with Gasteiger partial charge in [0.05, 0.1) is 6.04 Å². The molecule has 0 radical (unpaired) electrons. The van der Waals surface area contributed by atoms with Gasteiger partial charge in [-0.3, -0.25) is 9.69 Å². The number of nitrogens with one attached hydrogen (secondary N) is 1. The van der Waals surface area contributed by atoms with Gasteiger partial charge in [0.15, 0.2) is 0 Å². The molecule has 0 spiro atoms. The predicted molar refractivity (Wildman–Crippen MR) is 117 cm³/mol. The van der Waals surface area contributed by atoms with Gasteiger partial charge in [-0.2, -0.15) is 0 Å². The summed E-state index contributed by atoms with van der Waals surface area (Å²) in [6, 6.07) is 15.5. The molecule has 1 fully saturated rings. The second kappa shape index (κ2) is 8.26. The summed E-state index contributed by atoms with van der Waals surface area (Å²) in [5.41, 5.74) is 1.77. The fraction of sp³-hybridized carbons (Fsp3) is 0.500. The molecule has 1 aromatic carbocycles. The summed E-state index contributed by atoms with van der Waals surface area (Å²) in [5, 5.41) is 3.07. The number of nitrogens with zero attached hydrogens (tertiary/aromatic N) is 2. The van der Waals surface area contributed by atoms with E-state index in [0.29, 0.717) is 18.4 Å². The van der Waals surface area contributed by atoms with Gasteiger partial charge in [0.25, 0.3) is 5.56 Å². The number of amides is 1. The fourth-order valence-electron chi connectivity index (χ4n) is 4.77. The van der Waals surface area contributed by atoms with Crippen LogP contribution in [-0.4, -0.2) is 40.8 Å². The summed E-state index contributed by atoms with van der Waals surface area (Å²) < 4.78 is 7.45. The third-order valence-corrected chi connectivity index (χ3v) is 5.89. The average molecular weight is 410 g/mol. The number of benzene rings is 1. The lowest BCUT2D eigenvalue weighted by Gasteiger charge is -2.43. The maximum absolute atomic E-state index is 12.5. The summed E-state index contributed by atoms with van der Waals surface area (Å²) in [5.74, 6) is 0.804. The molecule has 2 aliphatic heterocycles. The standard InChI is InChI=1S/C24H31N3O3/c1-24(2,3)30-23(29)25-20(18-8-5-4-6-9-18)16-26-13-17-12-19(15-26)21-10-7-11-22(28)27(21)14-17/h4-11,17,19-20H,12-16H2,1-3H3,(H,25,29). The second-order valence-corrected chi connectivity index (χ2v) is 9.53. The lowest BCUT2D eigenvalue weighted by atomic mass is 9.83. The molecule has 1 saturated heterocycles. The van der Waals surface area contributed by atoms with Gasteiger partial charge < -0.3 is 14.6 Å². The van der Waals surface area contributed by atoms with Gasteiger partial charge in [0.1, 0.15) is 5.60 Å². The molecular weight excluding hydrogens is 378 g/mol. The van der Waals surface area contributed by atoms with Crippen molar-refractivity contribution in [2.24, 2.45) is 5.92 Å². The highest BCUT2D eigenvalue weighted by molar-refractivity contribution is 5.68. The van der Waals surface area contributed by atoms with Gasteiger partial charge in [-0.05, 0) is 44.7 Å². The molecule has 0 aliphatic carbocycles. The summed E-state index contributed by atoms with van der Waals surface area (Å²) in [6.45, 7) is 8.92. The smallest absolute Gasteiger partial charge is 0.408 e. The monoisotopic (exact) mass is 409 g/mol. The van der Waals surface area contributed by atoms with Gasteiger partial charge in [-0.25, -0.2) is 4.79 Å². The maximum Gasteiger partial charge on any atom is 0.408 e. The first kappa shape index (κ1) is 20.7. The number of likely N-dealkylation sites (tertiary alicyclic amines) is 1. The Labute approximate surface area is 177 Å². The van der Waals surface area contributed by atoms with Gasteiger partial charge in [0.2, 0.25) is 0 Å². The largest absolute Gasteiger partial charge is 0.444 e. The van der Waals surface area contributed by atoms with Crippen LogP contribution in [0, 0.1) is 5.92 Å². The van der Waals surface area contributed by atoms with Crippen LogP contribution >= 0.6 is 0 Å². The molecule has 3 heterocycles. The normalized spacial score (nSPS) is 22.1. The molecule has 30 heavy (non-hydrogen) atoms. The first-order chi connectivity index (χ1) is 14.3. The van der Waals surface area contributed by atoms with Crippen molar-refractivity contribution in [3.8, 4) is 0 Å². The molecule has 2 bridgehead atoms. The highest BCUT2D eigenvalue weighted by atomic mass is 16.6. The minimum absolute atomic E-state index is 0.101. The number of carbonyl (C=O) groups excluding carboxylic acids is 1. The van der Waals surface area contributed by atoms with Crippen LogP contribution in [0.4, 0.5) is 4.79 Å². The van der Waals surface area contributed by atoms with Crippen molar-refractivity contribution < 1.29 is 9.53 Å². The Morgan fingerprint density at radius 1 is 1.10 bits per heavy atom. The molecule has 6 heteroatoms. The van der Waals surface area contributed by atoms with Crippen molar-refractivity contribution in [3.63, 3.8) is 0 Å². The van der Waals surface area contributed by atoms with Crippen LogP contribution in [0.15, 0.2) is 53.3 Å². The Balaban J connectivity index is 1.51. The zero-order valence-corrected chi connectivity index (χ0v) is 18.0. The van der Waals surface area contributed by atoms with E-state index in [4.69, 9.17) is 4.74 Å². The predicted octanol–water partition coefficient (Wildman–Crippen LogP) is 3.53. The lowest BCUT2D eigenvalue weighted by molar-refractivity contribution is 0.0472. The van der Waals surface area contributed by atoms with Crippen LogP contribution in [0.5, 0.6) is 0 Å². The maximum atomic E-state index is 12.5. The molecule has 6 nitrogen and oxygen atoms in total. The summed E-state index contributed by atoms with van der Waals surface area (Å²) in [7, 11) is 0. The third kappa shape index (κ3) is 4.75. The highest BCUT2D eigenvalue weighted by Crippen LogP contribution is 2.35. The molecule has 3 unspecified atom stereocenters. The van der Waals surface area contributed by atoms with Crippen LogP contribution in [0.25, 0.3) is 0 Å². The van der Waals surface area contributed by atoms with Gasteiger partial charge in [0, 0.05) is 43.9 Å². The third-order valence-electron chi connectivity index (χ3n) is 5.89. The minimum atomic E-state index is -0.537. The number of aromatic nitrogens is 1. The number of rotatable bonds is 4. The number of ether oxygens (including phenoxy) is 1. The number of piperidine rings is 1. The quantitative estimate of drug-likeness (QED) is 0.839. The van der Waals surface area contributed by atoms with E-state index < -0.39 is 11.7 Å². The summed E-state index contributed by atoms with van der Waals surface area (Å²) in [4.78, 5) is 27.2. The van der Waals surface area contributed by atoms with E-state index in [1.165, 1.54) is 0 Å². The zero-order valence-electron chi connectivity index (χ0n) is 18.0. The van der Waals surface area contributed by atoms with Crippen LogP contribution in [0.3, 0.4) is 0 Å². The molecule has 2 aliphatic rings. The Kier molecular flexibility index (Phi) is 5.69. The topological polar surface area (TPSA) is 63.6 Å². The van der Waals surface area contributed by atoms with Crippen LogP contribution in [-0.2, 0) is 11.3 Å². The van der Waals surface area contributed by atoms with Crippen molar-refractivity contribution in [3.05, 3.63) is 70.1 Å². The molecule has 1 N–H and O–H groups in total. The number of hydrogen-bond acceptors (Lipinski definition) is 4. The van der Waals surface area contributed by atoms with Crippen LogP contribution in [0.1, 0.15) is 50.4 Å². The first-order valence-electron chi connectivity index (χ1n) is 10.7. The van der Waals surface area contributed by atoms with E-state index in [1.54, 1.807) is 6.07 Å². The average Bonchev–Trinajstić information content (AvgIpc) is 2.67. The zero-order chi connectivity index (χ0) is 21.3. The number of alkyl carbamates (subject to hydrolysis) is 1. The number of pyridine rings is 1. The molecule has 160 valence electrons. The van der Waals surface area contributed by atoms with Gasteiger partial charge in [-0.15, -0.1) is 0 Å². The first-order valence-corrected chi connectivity index (χ1v) is 10.7. The van der Waals surface area contributed by atoms with E-state index in [1.807, 2.05) is 61.7 Å². The summed E-state index contributed by atoms with van der Waals surface area (Å²) in [6.07, 6.45) is 0.723. The Bertz CT molecular complexity index is 948. The van der Waals surface area contributed by atoms with Gasteiger partial charge in [-0.1, -0.05) is 36.4 Å². The van der Waals surface area contributed by atoms with Crippen molar-refractivity contribution in [1.82, 2.24) is 14.8 Å². The van der Waals surface area contributed by atoms with E-state index in [0.717, 1.165) is 37.3 Å². The Morgan fingerprint density at radius 3 is 2.60 bits per heavy atom. The Morgan fingerprint density at radius 2 is 1.87 bits per heavy atom. The molecule has 1 aromatic heterocycles. The van der Waals surface area contributed by atoms with Crippen molar-refractivity contribution >= 4 is 6.09 Å². The van der Waals surface area contributed by atoms with Crippen molar-refractivity contribution in [1.29, 1.82) is 0 Å². The highest BCUT2D eigenvalue weighted by Gasteiger charge is 2.35. The number of hydrogen-bond donors (Lipinski definition) is 1. The number of carbonyl (C=O) groups is 1. The van der Waals surface area contributed by atoms with Gasteiger partial charge >= 0.3 is 6.09 Å². The molecular formula is C24H31N3O3. The lowest BCUT2D eigenvalue weighted by Crippen LogP contribution is -2.49. The molecule has 2 aromatic rings. The van der Waals surface area contributed by atoms with E-state index >= 15 is 0 Å². The van der Waals surface area contributed by atoms with Crippen molar-refractivity contribution in [2.45, 2.75) is 51.3 Å². The fourth-order valence-corrected chi connectivity index (χ4v) is 4.77. The van der Waals surface area contributed by atoms with E-state index in [9.17, 15) is 9.59 Å². The second-order valence-electron chi connectivity index (χ2n) is 9.53. The molecule has 0 saturated carbocycles. The SMILES string of the molecule is CC(C)(C)OC(=O)NC(CN1CC2CC(C1)c1cccc(=O)n1C2)c1ccccc1. The van der Waals surface area contributed by atoms with Crippen LogP contribution in [0.2, 0.25) is 0 Å². The molecule has 4 rings (SSSR count). The van der Waals surface area contributed by atoms with Crippen molar-refractivity contribution in [2.75, 3.05) is 19.6 Å². The molecule has 3 atom stereocenters.